The Labute approximate surface area is 164 Å². The van der Waals surface area contributed by atoms with E-state index < -0.39 is 5.82 Å². The molecular weight excluding hydrogens is 367 g/mol. The Morgan fingerprint density at radius 2 is 1.93 bits per heavy atom. The molecule has 1 heterocycles. The van der Waals surface area contributed by atoms with Gasteiger partial charge in [-0.1, -0.05) is 41.9 Å². The Morgan fingerprint density at radius 1 is 1.22 bits per heavy atom. The first-order valence-electron chi connectivity index (χ1n) is 9.14. The van der Waals surface area contributed by atoms with Gasteiger partial charge in [-0.05, 0) is 30.7 Å². The molecule has 0 saturated carbocycles. The molecule has 1 unspecified atom stereocenters. The van der Waals surface area contributed by atoms with Crippen LogP contribution in [0.15, 0.2) is 48.5 Å². The van der Waals surface area contributed by atoms with Crippen LogP contribution in [0.5, 0.6) is 0 Å². The highest BCUT2D eigenvalue weighted by Gasteiger charge is 2.26. The normalized spacial score (nSPS) is 16.1. The first-order chi connectivity index (χ1) is 13.0. The van der Waals surface area contributed by atoms with Crippen molar-refractivity contribution in [1.82, 2.24) is 9.80 Å². The highest BCUT2D eigenvalue weighted by molar-refractivity contribution is 6.33. The van der Waals surface area contributed by atoms with E-state index in [1.165, 1.54) is 18.2 Å². The number of hydrogen-bond donors (Lipinski definition) is 0. The summed E-state index contributed by atoms with van der Waals surface area (Å²) in [5, 5.41) is 0.136. The highest BCUT2D eigenvalue weighted by Crippen LogP contribution is 2.22. The number of amides is 1. The second-order valence-corrected chi connectivity index (χ2v) is 7.21. The van der Waals surface area contributed by atoms with Gasteiger partial charge in [0.15, 0.2) is 0 Å². The molecular formula is C21H24ClFN2O2. The molecule has 4 nitrogen and oxygen atoms in total. The Balaban J connectivity index is 1.82. The van der Waals surface area contributed by atoms with E-state index in [9.17, 15) is 9.18 Å². The van der Waals surface area contributed by atoms with E-state index in [1.807, 2.05) is 42.2 Å². The van der Waals surface area contributed by atoms with Crippen molar-refractivity contribution in [2.45, 2.75) is 19.5 Å². The van der Waals surface area contributed by atoms with E-state index >= 15 is 0 Å². The van der Waals surface area contributed by atoms with E-state index in [0.717, 1.165) is 25.2 Å². The molecule has 2 aromatic carbocycles. The van der Waals surface area contributed by atoms with Crippen LogP contribution >= 0.6 is 11.6 Å². The largest absolute Gasteiger partial charge is 0.379 e. The van der Waals surface area contributed by atoms with Crippen molar-refractivity contribution in [3.8, 4) is 0 Å². The topological polar surface area (TPSA) is 32.8 Å². The third kappa shape index (κ3) is 5.28. The van der Waals surface area contributed by atoms with Crippen LogP contribution in [0.2, 0.25) is 5.02 Å². The number of nitrogens with zero attached hydrogens (tertiary/aromatic N) is 2. The second-order valence-electron chi connectivity index (χ2n) is 6.80. The van der Waals surface area contributed by atoms with Crippen LogP contribution in [0.25, 0.3) is 0 Å². The third-order valence-electron chi connectivity index (χ3n) is 4.78. The Hall–Kier alpha value is -1.95. The molecule has 0 radical (unpaired) electrons. The Kier molecular flexibility index (Phi) is 6.83. The van der Waals surface area contributed by atoms with E-state index in [-0.39, 0.29) is 17.0 Å². The predicted molar refractivity (Wildman–Crippen MR) is 104 cm³/mol. The van der Waals surface area contributed by atoms with Crippen molar-refractivity contribution in [3.63, 3.8) is 0 Å². The molecule has 0 N–H and O–H groups in total. The Bertz CT molecular complexity index is 766. The summed E-state index contributed by atoms with van der Waals surface area (Å²) in [6.45, 7) is 6.39. The van der Waals surface area contributed by atoms with Gasteiger partial charge in [-0.2, -0.15) is 0 Å². The van der Waals surface area contributed by atoms with Crippen LogP contribution in [0, 0.1) is 5.82 Å². The summed E-state index contributed by atoms with van der Waals surface area (Å²) in [5.41, 5.74) is 1.36. The SMILES string of the molecule is CC(CN1CCOCC1)N(Cc1ccccc1)C(=O)c1ccc(F)cc1Cl. The molecule has 6 heteroatoms. The summed E-state index contributed by atoms with van der Waals surface area (Å²) in [6, 6.07) is 13.7. The first-order valence-corrected chi connectivity index (χ1v) is 9.52. The molecule has 1 atom stereocenters. The molecule has 1 fully saturated rings. The lowest BCUT2D eigenvalue weighted by atomic mass is 10.1. The maximum Gasteiger partial charge on any atom is 0.255 e. The van der Waals surface area contributed by atoms with Gasteiger partial charge in [-0.3, -0.25) is 9.69 Å². The molecule has 1 saturated heterocycles. The van der Waals surface area contributed by atoms with Crippen molar-refractivity contribution >= 4 is 17.5 Å². The zero-order valence-electron chi connectivity index (χ0n) is 15.4. The van der Waals surface area contributed by atoms with Crippen LogP contribution in [-0.4, -0.2) is 54.6 Å². The minimum atomic E-state index is -0.451. The molecule has 0 spiro atoms. The molecule has 3 rings (SSSR count). The molecule has 27 heavy (non-hydrogen) atoms. The molecule has 0 aromatic heterocycles. The number of ether oxygens (including phenoxy) is 1. The molecule has 1 aliphatic heterocycles. The number of carbonyl (C=O) groups excluding carboxylic acids is 1. The standard InChI is InChI=1S/C21H24ClFN2O2/c1-16(14-24-9-11-27-12-10-24)25(15-17-5-3-2-4-6-17)21(26)19-8-7-18(23)13-20(19)22/h2-8,13,16H,9-12,14-15H2,1H3. The zero-order valence-corrected chi connectivity index (χ0v) is 16.2. The maximum atomic E-state index is 13.4. The molecule has 0 bridgehead atoms. The number of morpholine rings is 1. The minimum absolute atomic E-state index is 0.0306. The van der Waals surface area contributed by atoms with Gasteiger partial charge >= 0.3 is 0 Å². The van der Waals surface area contributed by atoms with Crippen LogP contribution in [0.4, 0.5) is 4.39 Å². The molecule has 1 aliphatic rings. The fourth-order valence-electron chi connectivity index (χ4n) is 3.28. The van der Waals surface area contributed by atoms with Crippen molar-refractivity contribution in [1.29, 1.82) is 0 Å². The number of hydrogen-bond acceptors (Lipinski definition) is 3. The Morgan fingerprint density at radius 3 is 2.59 bits per heavy atom. The lowest BCUT2D eigenvalue weighted by molar-refractivity contribution is 0.0228. The van der Waals surface area contributed by atoms with Crippen molar-refractivity contribution in [2.24, 2.45) is 0 Å². The summed E-state index contributed by atoms with van der Waals surface area (Å²) in [4.78, 5) is 17.3. The van der Waals surface area contributed by atoms with Gasteiger partial charge < -0.3 is 9.64 Å². The number of halogens is 2. The van der Waals surface area contributed by atoms with Crippen LogP contribution in [0.3, 0.4) is 0 Å². The molecule has 1 amide bonds. The van der Waals surface area contributed by atoms with Gasteiger partial charge in [0.2, 0.25) is 0 Å². The highest BCUT2D eigenvalue weighted by atomic mass is 35.5. The lowest BCUT2D eigenvalue weighted by Gasteiger charge is -2.35. The van der Waals surface area contributed by atoms with E-state index in [1.54, 1.807) is 0 Å². The van der Waals surface area contributed by atoms with Crippen LogP contribution < -0.4 is 0 Å². The maximum absolute atomic E-state index is 13.4. The predicted octanol–water partition coefficient (Wildman–Crippen LogP) is 3.84. The van der Waals surface area contributed by atoms with Crippen molar-refractivity contribution < 1.29 is 13.9 Å². The average Bonchev–Trinajstić information content (AvgIpc) is 2.67. The van der Waals surface area contributed by atoms with Gasteiger partial charge in [-0.25, -0.2) is 4.39 Å². The van der Waals surface area contributed by atoms with Gasteiger partial charge in [0.05, 0.1) is 23.8 Å². The third-order valence-corrected chi connectivity index (χ3v) is 5.09. The number of rotatable bonds is 6. The van der Waals surface area contributed by atoms with Gasteiger partial charge in [0.25, 0.3) is 5.91 Å². The fraction of sp³-hybridized carbons (Fsp3) is 0.381. The number of benzene rings is 2. The zero-order chi connectivity index (χ0) is 19.2. The van der Waals surface area contributed by atoms with E-state index in [2.05, 4.69) is 4.90 Å². The summed E-state index contributed by atoms with van der Waals surface area (Å²) >= 11 is 6.15. The minimum Gasteiger partial charge on any atom is -0.379 e. The molecule has 0 aliphatic carbocycles. The molecule has 144 valence electrons. The lowest BCUT2D eigenvalue weighted by Crippen LogP contribution is -2.48. The second kappa shape index (κ2) is 9.31. The van der Waals surface area contributed by atoms with Crippen LogP contribution in [0.1, 0.15) is 22.8 Å². The van der Waals surface area contributed by atoms with E-state index in [4.69, 9.17) is 16.3 Å². The smallest absolute Gasteiger partial charge is 0.255 e. The summed E-state index contributed by atoms with van der Waals surface area (Å²) in [5.74, 6) is -0.642. The number of carbonyl (C=O) groups is 1. The fourth-order valence-corrected chi connectivity index (χ4v) is 3.53. The van der Waals surface area contributed by atoms with E-state index in [0.29, 0.717) is 25.3 Å². The van der Waals surface area contributed by atoms with Gasteiger partial charge in [0.1, 0.15) is 5.82 Å². The summed E-state index contributed by atoms with van der Waals surface area (Å²) in [6.07, 6.45) is 0. The summed E-state index contributed by atoms with van der Waals surface area (Å²) in [7, 11) is 0. The average molecular weight is 391 g/mol. The monoisotopic (exact) mass is 390 g/mol. The first kappa shape index (κ1) is 19.8. The van der Waals surface area contributed by atoms with Crippen LogP contribution in [-0.2, 0) is 11.3 Å². The molecule has 2 aromatic rings. The summed E-state index contributed by atoms with van der Waals surface area (Å²) < 4.78 is 18.8. The van der Waals surface area contributed by atoms with Crippen molar-refractivity contribution in [2.75, 3.05) is 32.8 Å². The van der Waals surface area contributed by atoms with Crippen molar-refractivity contribution in [3.05, 3.63) is 70.5 Å². The van der Waals surface area contributed by atoms with Gasteiger partial charge in [0, 0.05) is 32.2 Å². The quantitative estimate of drug-likeness (QED) is 0.751. The van der Waals surface area contributed by atoms with Gasteiger partial charge in [-0.15, -0.1) is 0 Å².